The van der Waals surface area contributed by atoms with E-state index in [2.05, 4.69) is 33.8 Å². The number of benzene rings is 1. The van der Waals surface area contributed by atoms with Gasteiger partial charge in [-0.05, 0) is 44.6 Å². The molecule has 2 aromatic heterocycles. The molecule has 8 heteroatoms. The maximum atomic E-state index is 13.2. The number of hydrogen-bond acceptors (Lipinski definition) is 6. The molecule has 0 bridgehead atoms. The summed E-state index contributed by atoms with van der Waals surface area (Å²) in [6.07, 6.45) is 4.33. The van der Waals surface area contributed by atoms with Crippen molar-refractivity contribution in [2.45, 2.75) is 33.2 Å². The Kier molecular flexibility index (Phi) is 6.50. The second-order valence-electron chi connectivity index (χ2n) is 7.91. The molecule has 1 amide bonds. The maximum Gasteiger partial charge on any atom is 0.257 e. The van der Waals surface area contributed by atoms with Gasteiger partial charge in [-0.3, -0.25) is 9.69 Å². The number of likely N-dealkylation sites (tertiary alicyclic amines) is 1. The molecule has 1 fully saturated rings. The van der Waals surface area contributed by atoms with Crippen LogP contribution in [0.5, 0.6) is 5.75 Å². The molecule has 0 spiro atoms. The van der Waals surface area contributed by atoms with Gasteiger partial charge < -0.3 is 9.64 Å². The van der Waals surface area contributed by atoms with Crippen LogP contribution in [0.4, 0.5) is 0 Å². The van der Waals surface area contributed by atoms with Crippen LogP contribution in [0, 0.1) is 6.92 Å². The predicted octanol–water partition coefficient (Wildman–Crippen LogP) is 3.20. The third kappa shape index (κ3) is 4.10. The molecule has 0 radical (unpaired) electrons. The second-order valence-corrected chi connectivity index (χ2v) is 7.91. The fraction of sp³-hybridized carbons (Fsp3) is 0.417. The smallest absolute Gasteiger partial charge is 0.257 e. The molecule has 1 aliphatic heterocycles. The molecule has 0 N–H and O–H groups in total. The molecule has 8 nitrogen and oxygen atoms in total. The van der Waals surface area contributed by atoms with E-state index in [0.29, 0.717) is 17.6 Å². The Hall–Kier alpha value is -3.26. The minimum Gasteiger partial charge on any atom is -0.496 e. The molecule has 0 unspecified atom stereocenters. The van der Waals surface area contributed by atoms with Gasteiger partial charge in [-0.1, -0.05) is 26.0 Å². The van der Waals surface area contributed by atoms with Crippen LogP contribution in [0.3, 0.4) is 0 Å². The molecule has 168 valence electrons. The number of methoxy groups -OCH3 is 1. The van der Waals surface area contributed by atoms with E-state index in [1.807, 2.05) is 42.2 Å². The molecule has 1 saturated heterocycles. The molecular formula is C24H30N6O2. The van der Waals surface area contributed by atoms with Gasteiger partial charge in [0.2, 0.25) is 0 Å². The van der Waals surface area contributed by atoms with Gasteiger partial charge in [0.15, 0.2) is 0 Å². The van der Waals surface area contributed by atoms with E-state index in [1.54, 1.807) is 24.2 Å². The zero-order valence-electron chi connectivity index (χ0n) is 19.2. The SMILES string of the molecule is CCN(CC)[C@@H]1CCN(C(=O)c2cnn(-c3nccc(-c4ccccc4OC)n3)c2C)C1. The van der Waals surface area contributed by atoms with Gasteiger partial charge in [-0.25, -0.2) is 14.6 Å². The predicted molar refractivity (Wildman–Crippen MR) is 123 cm³/mol. The van der Waals surface area contributed by atoms with Gasteiger partial charge in [0.25, 0.3) is 11.9 Å². The van der Waals surface area contributed by atoms with Crippen molar-refractivity contribution in [2.24, 2.45) is 0 Å². The van der Waals surface area contributed by atoms with Gasteiger partial charge >= 0.3 is 0 Å². The Labute approximate surface area is 188 Å². The number of aromatic nitrogens is 4. The zero-order chi connectivity index (χ0) is 22.7. The fourth-order valence-electron chi connectivity index (χ4n) is 4.41. The highest BCUT2D eigenvalue weighted by atomic mass is 16.5. The van der Waals surface area contributed by atoms with Crippen molar-refractivity contribution in [1.29, 1.82) is 0 Å². The van der Waals surface area contributed by atoms with Gasteiger partial charge in [-0.2, -0.15) is 5.10 Å². The number of hydrogen-bond donors (Lipinski definition) is 0. The molecule has 1 aliphatic rings. The standard InChI is InChI=1S/C24H30N6O2/c1-5-28(6-2)18-12-14-29(16-18)23(31)20-15-26-30(17(20)3)24-25-13-11-21(27-24)19-9-7-8-10-22(19)32-4/h7-11,13,15,18H,5-6,12,14,16H2,1-4H3/t18-/m1/s1. The summed E-state index contributed by atoms with van der Waals surface area (Å²) in [5.74, 6) is 1.18. The summed E-state index contributed by atoms with van der Waals surface area (Å²) in [4.78, 5) is 26.7. The zero-order valence-corrected chi connectivity index (χ0v) is 19.2. The summed E-state index contributed by atoms with van der Waals surface area (Å²) >= 11 is 0. The van der Waals surface area contributed by atoms with Crippen molar-refractivity contribution in [1.82, 2.24) is 29.5 Å². The number of carbonyl (C=O) groups is 1. The van der Waals surface area contributed by atoms with E-state index >= 15 is 0 Å². The first-order valence-corrected chi connectivity index (χ1v) is 11.1. The van der Waals surface area contributed by atoms with Crippen LogP contribution in [0.25, 0.3) is 17.2 Å². The molecule has 0 saturated carbocycles. The highest BCUT2D eigenvalue weighted by Gasteiger charge is 2.31. The third-order valence-corrected chi connectivity index (χ3v) is 6.23. The Bertz CT molecular complexity index is 1090. The first-order chi connectivity index (χ1) is 15.6. The minimum atomic E-state index is 0.0179. The largest absolute Gasteiger partial charge is 0.496 e. The monoisotopic (exact) mass is 434 g/mol. The summed E-state index contributed by atoms with van der Waals surface area (Å²) in [6.45, 7) is 9.75. The number of para-hydroxylation sites is 1. The Morgan fingerprint density at radius 1 is 1.22 bits per heavy atom. The number of carbonyl (C=O) groups excluding carboxylic acids is 1. The molecule has 1 atom stereocenters. The lowest BCUT2D eigenvalue weighted by Crippen LogP contribution is -2.38. The number of amides is 1. The Morgan fingerprint density at radius 3 is 2.75 bits per heavy atom. The van der Waals surface area contributed by atoms with Crippen LogP contribution in [0.1, 0.15) is 36.3 Å². The van der Waals surface area contributed by atoms with E-state index < -0.39 is 0 Å². The van der Waals surface area contributed by atoms with E-state index in [9.17, 15) is 4.79 Å². The van der Waals surface area contributed by atoms with Crippen LogP contribution in [0.15, 0.2) is 42.7 Å². The van der Waals surface area contributed by atoms with Gasteiger partial charge in [0.1, 0.15) is 5.75 Å². The van der Waals surface area contributed by atoms with Gasteiger partial charge in [0.05, 0.1) is 30.3 Å². The highest BCUT2D eigenvalue weighted by Crippen LogP contribution is 2.28. The highest BCUT2D eigenvalue weighted by molar-refractivity contribution is 5.95. The maximum absolute atomic E-state index is 13.2. The summed E-state index contributed by atoms with van der Waals surface area (Å²) < 4.78 is 7.10. The number of ether oxygens (including phenoxy) is 1. The molecule has 3 heterocycles. The van der Waals surface area contributed by atoms with Gasteiger partial charge in [0, 0.05) is 30.9 Å². The molecule has 4 rings (SSSR count). The van der Waals surface area contributed by atoms with E-state index in [0.717, 1.165) is 55.3 Å². The van der Waals surface area contributed by atoms with Crippen molar-refractivity contribution in [2.75, 3.05) is 33.3 Å². The molecule has 32 heavy (non-hydrogen) atoms. The lowest BCUT2D eigenvalue weighted by molar-refractivity contribution is 0.0777. The second kappa shape index (κ2) is 9.48. The van der Waals surface area contributed by atoms with Gasteiger partial charge in [-0.15, -0.1) is 0 Å². The van der Waals surface area contributed by atoms with Crippen LogP contribution >= 0.6 is 0 Å². The summed E-state index contributed by atoms with van der Waals surface area (Å²) in [7, 11) is 1.64. The fourth-order valence-corrected chi connectivity index (χ4v) is 4.41. The number of rotatable bonds is 7. The number of nitrogens with zero attached hydrogens (tertiary/aromatic N) is 6. The molecule has 0 aliphatic carbocycles. The normalized spacial score (nSPS) is 16.0. The summed E-state index contributed by atoms with van der Waals surface area (Å²) in [6, 6.07) is 9.97. The lowest BCUT2D eigenvalue weighted by Gasteiger charge is -2.26. The first kappa shape index (κ1) is 22.0. The lowest BCUT2D eigenvalue weighted by atomic mass is 10.1. The van der Waals surface area contributed by atoms with Crippen LogP contribution in [0.2, 0.25) is 0 Å². The number of likely N-dealkylation sites (N-methyl/N-ethyl adjacent to an activating group) is 1. The van der Waals surface area contributed by atoms with Crippen molar-refractivity contribution in [3.05, 3.63) is 54.0 Å². The molecule has 3 aromatic rings. The first-order valence-electron chi connectivity index (χ1n) is 11.1. The summed E-state index contributed by atoms with van der Waals surface area (Å²) in [5.41, 5.74) is 2.94. The topological polar surface area (TPSA) is 76.4 Å². The Morgan fingerprint density at radius 2 is 2.00 bits per heavy atom. The quantitative estimate of drug-likeness (QED) is 0.568. The van der Waals surface area contributed by atoms with Crippen LogP contribution in [-0.4, -0.2) is 74.8 Å². The average Bonchev–Trinajstić information content (AvgIpc) is 3.47. The van der Waals surface area contributed by atoms with Crippen LogP contribution in [-0.2, 0) is 0 Å². The Balaban J connectivity index is 1.58. The average molecular weight is 435 g/mol. The van der Waals surface area contributed by atoms with Crippen molar-refractivity contribution in [3.63, 3.8) is 0 Å². The van der Waals surface area contributed by atoms with Crippen molar-refractivity contribution >= 4 is 5.91 Å². The third-order valence-electron chi connectivity index (χ3n) is 6.23. The van der Waals surface area contributed by atoms with Crippen LogP contribution < -0.4 is 4.74 Å². The summed E-state index contributed by atoms with van der Waals surface area (Å²) in [5, 5.41) is 4.44. The molecular weight excluding hydrogens is 404 g/mol. The van der Waals surface area contributed by atoms with E-state index in [1.165, 1.54) is 0 Å². The van der Waals surface area contributed by atoms with E-state index in [4.69, 9.17) is 4.74 Å². The van der Waals surface area contributed by atoms with Crippen molar-refractivity contribution in [3.8, 4) is 23.0 Å². The van der Waals surface area contributed by atoms with E-state index in [-0.39, 0.29) is 5.91 Å². The molecule has 1 aromatic carbocycles. The van der Waals surface area contributed by atoms with Crippen molar-refractivity contribution < 1.29 is 9.53 Å². The minimum absolute atomic E-state index is 0.0179.